The van der Waals surface area contributed by atoms with Gasteiger partial charge in [-0.15, -0.1) is 0 Å². The Bertz CT molecular complexity index is 928. The number of carbonyl (C=O) groups is 1. The van der Waals surface area contributed by atoms with Gasteiger partial charge in [0.15, 0.2) is 0 Å². The summed E-state index contributed by atoms with van der Waals surface area (Å²) < 4.78 is 1.83. The Kier molecular flexibility index (Phi) is 3.56. The monoisotopic (exact) mass is 320 g/mol. The van der Waals surface area contributed by atoms with E-state index in [2.05, 4.69) is 21.5 Å². The van der Waals surface area contributed by atoms with Crippen molar-refractivity contribution < 1.29 is 4.79 Å². The largest absolute Gasteiger partial charge is 0.344 e. The second kappa shape index (κ2) is 5.74. The van der Waals surface area contributed by atoms with Crippen LogP contribution in [0.3, 0.4) is 0 Å². The van der Waals surface area contributed by atoms with E-state index >= 15 is 0 Å². The normalized spacial score (nSPS) is 16.8. The van der Waals surface area contributed by atoms with Crippen molar-refractivity contribution in [3.05, 3.63) is 64.7 Å². The summed E-state index contributed by atoms with van der Waals surface area (Å²) in [7, 11) is 0. The third-order valence-corrected chi connectivity index (χ3v) is 4.93. The van der Waals surface area contributed by atoms with Crippen LogP contribution < -0.4 is 5.32 Å². The summed E-state index contributed by atoms with van der Waals surface area (Å²) in [5.41, 5.74) is 5.90. The first-order chi connectivity index (χ1) is 11.6. The Hall–Kier alpha value is -2.69. The van der Waals surface area contributed by atoms with Crippen LogP contribution in [0.2, 0.25) is 0 Å². The predicted molar refractivity (Wildman–Crippen MR) is 92.0 cm³/mol. The van der Waals surface area contributed by atoms with Crippen LogP contribution in [0.25, 0.3) is 5.52 Å². The third kappa shape index (κ3) is 2.37. The van der Waals surface area contributed by atoms with E-state index in [-0.39, 0.29) is 11.9 Å². The van der Waals surface area contributed by atoms with Crippen LogP contribution in [-0.4, -0.2) is 20.5 Å². The van der Waals surface area contributed by atoms with Gasteiger partial charge in [0.05, 0.1) is 29.0 Å². The minimum Gasteiger partial charge on any atom is -0.344 e. The molecule has 1 amide bonds. The molecule has 1 aliphatic carbocycles. The van der Waals surface area contributed by atoms with Crippen molar-refractivity contribution in [2.45, 2.75) is 39.2 Å². The minimum absolute atomic E-state index is 0.0241. The van der Waals surface area contributed by atoms with Gasteiger partial charge in [-0.25, -0.2) is 4.52 Å². The van der Waals surface area contributed by atoms with Gasteiger partial charge in [0, 0.05) is 11.9 Å². The smallest absolute Gasteiger partial charge is 0.255 e. The molecule has 0 bridgehead atoms. The predicted octanol–water partition coefficient (Wildman–Crippen LogP) is 3.15. The lowest BCUT2D eigenvalue weighted by atomic mass is 9.92. The Morgan fingerprint density at radius 1 is 1.29 bits per heavy atom. The molecule has 0 aliphatic heterocycles. The molecule has 0 radical (unpaired) electrons. The maximum Gasteiger partial charge on any atom is 0.255 e. The zero-order valence-corrected chi connectivity index (χ0v) is 13.9. The molecule has 3 aromatic rings. The Morgan fingerprint density at radius 3 is 3.04 bits per heavy atom. The third-order valence-electron chi connectivity index (χ3n) is 4.93. The van der Waals surface area contributed by atoms with Crippen molar-refractivity contribution in [2.75, 3.05) is 0 Å². The van der Waals surface area contributed by atoms with Crippen molar-refractivity contribution in [3.8, 4) is 0 Å². The summed E-state index contributed by atoms with van der Waals surface area (Å²) in [6, 6.07) is 8.02. The van der Waals surface area contributed by atoms with Crippen LogP contribution in [0.1, 0.15) is 51.8 Å². The molecule has 3 heterocycles. The number of fused-ring (bicyclic) bond motifs is 2. The van der Waals surface area contributed by atoms with E-state index in [1.54, 1.807) is 12.4 Å². The average molecular weight is 320 g/mol. The molecule has 1 atom stereocenters. The van der Waals surface area contributed by atoms with E-state index in [9.17, 15) is 4.79 Å². The number of hydrogen-bond donors (Lipinski definition) is 1. The van der Waals surface area contributed by atoms with Crippen LogP contribution in [-0.2, 0) is 6.42 Å². The van der Waals surface area contributed by atoms with Crippen LogP contribution >= 0.6 is 0 Å². The second-order valence-electron chi connectivity index (χ2n) is 6.42. The van der Waals surface area contributed by atoms with Crippen LogP contribution in [0.5, 0.6) is 0 Å². The molecule has 0 saturated carbocycles. The molecule has 5 nitrogen and oxygen atoms in total. The standard InChI is InChI=1S/C19H20N4O/c1-12-8-9-17-15(11-21-23(17)13(12)2)19(24)22-16-7-3-5-14-6-4-10-20-18(14)16/h4,6,8-11,16H,3,5,7H2,1-2H3,(H,22,24)/t16-/m1/s1. The van der Waals surface area contributed by atoms with E-state index in [4.69, 9.17) is 0 Å². The fraction of sp³-hybridized carbons (Fsp3) is 0.316. The molecular formula is C19H20N4O. The lowest BCUT2D eigenvalue weighted by molar-refractivity contribution is 0.0933. The molecule has 24 heavy (non-hydrogen) atoms. The molecule has 0 saturated heterocycles. The second-order valence-corrected chi connectivity index (χ2v) is 6.42. The Balaban J connectivity index is 1.65. The summed E-state index contributed by atoms with van der Waals surface area (Å²) in [5.74, 6) is -0.0863. The molecule has 0 unspecified atom stereocenters. The van der Waals surface area contributed by atoms with Gasteiger partial charge in [0.1, 0.15) is 0 Å². The number of aromatic nitrogens is 3. The van der Waals surface area contributed by atoms with Gasteiger partial charge >= 0.3 is 0 Å². The molecule has 122 valence electrons. The Morgan fingerprint density at radius 2 is 2.17 bits per heavy atom. The van der Waals surface area contributed by atoms with Crippen molar-refractivity contribution >= 4 is 11.4 Å². The lowest BCUT2D eigenvalue weighted by Crippen LogP contribution is -2.31. The highest BCUT2D eigenvalue weighted by Crippen LogP contribution is 2.28. The first-order valence-electron chi connectivity index (χ1n) is 8.34. The summed E-state index contributed by atoms with van der Waals surface area (Å²) in [6.45, 7) is 4.05. The SMILES string of the molecule is Cc1ccc2c(C(=O)N[C@@H]3CCCc4cccnc43)cnn2c1C. The van der Waals surface area contributed by atoms with E-state index in [1.807, 2.05) is 36.6 Å². The van der Waals surface area contributed by atoms with Crippen molar-refractivity contribution in [3.63, 3.8) is 0 Å². The maximum absolute atomic E-state index is 12.8. The molecule has 0 aromatic carbocycles. The van der Waals surface area contributed by atoms with Crippen LogP contribution in [0.4, 0.5) is 0 Å². The highest BCUT2D eigenvalue weighted by molar-refractivity contribution is 6.00. The fourth-order valence-corrected chi connectivity index (χ4v) is 3.44. The number of nitrogens with zero attached hydrogens (tertiary/aromatic N) is 3. The first kappa shape index (κ1) is 14.9. The van der Waals surface area contributed by atoms with Gasteiger partial charge < -0.3 is 5.32 Å². The van der Waals surface area contributed by atoms with Gasteiger partial charge in [0.25, 0.3) is 5.91 Å². The van der Waals surface area contributed by atoms with Crippen LogP contribution in [0.15, 0.2) is 36.7 Å². The summed E-state index contributed by atoms with van der Waals surface area (Å²) in [4.78, 5) is 17.3. The van der Waals surface area contributed by atoms with E-state index in [1.165, 1.54) is 5.56 Å². The highest BCUT2D eigenvalue weighted by atomic mass is 16.1. The highest BCUT2D eigenvalue weighted by Gasteiger charge is 2.24. The fourth-order valence-electron chi connectivity index (χ4n) is 3.44. The lowest BCUT2D eigenvalue weighted by Gasteiger charge is -2.25. The summed E-state index contributed by atoms with van der Waals surface area (Å²) in [6.07, 6.45) is 6.47. The molecule has 4 rings (SSSR count). The molecular weight excluding hydrogens is 300 g/mol. The van der Waals surface area contributed by atoms with Crippen molar-refractivity contribution in [1.29, 1.82) is 0 Å². The molecule has 0 spiro atoms. The number of amides is 1. The summed E-state index contributed by atoms with van der Waals surface area (Å²) in [5, 5.41) is 7.53. The number of nitrogens with one attached hydrogen (secondary N) is 1. The topological polar surface area (TPSA) is 59.3 Å². The molecule has 1 aliphatic rings. The quantitative estimate of drug-likeness (QED) is 0.789. The molecule has 1 N–H and O–H groups in total. The molecule has 3 aromatic heterocycles. The van der Waals surface area contributed by atoms with Crippen molar-refractivity contribution in [1.82, 2.24) is 19.9 Å². The number of aryl methyl sites for hydroxylation is 3. The molecule has 0 fully saturated rings. The van der Waals surface area contributed by atoms with Crippen molar-refractivity contribution in [2.24, 2.45) is 0 Å². The van der Waals surface area contributed by atoms with Gasteiger partial charge in [-0.05, 0) is 56.4 Å². The maximum atomic E-state index is 12.8. The van der Waals surface area contributed by atoms with E-state index in [0.29, 0.717) is 5.56 Å². The number of pyridine rings is 2. The number of hydrogen-bond acceptors (Lipinski definition) is 3. The van der Waals surface area contributed by atoms with Gasteiger partial charge in [-0.3, -0.25) is 9.78 Å². The zero-order chi connectivity index (χ0) is 16.7. The minimum atomic E-state index is -0.0863. The van der Waals surface area contributed by atoms with E-state index < -0.39 is 0 Å². The summed E-state index contributed by atoms with van der Waals surface area (Å²) >= 11 is 0. The number of rotatable bonds is 2. The van der Waals surface area contributed by atoms with Gasteiger partial charge in [-0.2, -0.15) is 5.10 Å². The van der Waals surface area contributed by atoms with Crippen LogP contribution in [0, 0.1) is 13.8 Å². The first-order valence-corrected chi connectivity index (χ1v) is 8.34. The van der Waals surface area contributed by atoms with E-state index in [0.717, 1.165) is 41.7 Å². The zero-order valence-electron chi connectivity index (χ0n) is 13.9. The van der Waals surface area contributed by atoms with Gasteiger partial charge in [-0.1, -0.05) is 12.1 Å². The van der Waals surface area contributed by atoms with Gasteiger partial charge in [0.2, 0.25) is 0 Å². The Labute approximate surface area is 140 Å². The molecule has 5 heteroatoms. The average Bonchev–Trinajstić information content (AvgIpc) is 3.03. The number of carbonyl (C=O) groups excluding carboxylic acids is 1.